The summed E-state index contributed by atoms with van der Waals surface area (Å²) < 4.78 is 11.1. The Bertz CT molecular complexity index is 465. The van der Waals surface area contributed by atoms with Crippen molar-refractivity contribution in [1.82, 2.24) is 5.32 Å². The molecule has 1 saturated carbocycles. The summed E-state index contributed by atoms with van der Waals surface area (Å²) in [6.07, 6.45) is 7.24. The Labute approximate surface area is 168 Å². The number of hydrogen-bond acceptors (Lipinski definition) is 3. The number of aliphatic imine (C=N–C) groups is 1. The third kappa shape index (κ3) is 10.7. The third-order valence-corrected chi connectivity index (χ3v) is 4.17. The molecule has 5 nitrogen and oxygen atoms in total. The van der Waals surface area contributed by atoms with Crippen molar-refractivity contribution in [2.24, 2.45) is 10.7 Å². The topological polar surface area (TPSA) is 68.9 Å². The van der Waals surface area contributed by atoms with Gasteiger partial charge in [0.1, 0.15) is 0 Å². The van der Waals surface area contributed by atoms with Gasteiger partial charge in [0.05, 0.1) is 19.8 Å². The first-order chi connectivity index (χ1) is 11.8. The smallest absolute Gasteiger partial charge is 0.188 e. The van der Waals surface area contributed by atoms with Crippen LogP contribution in [0, 0.1) is 0 Å². The van der Waals surface area contributed by atoms with Gasteiger partial charge in [0.2, 0.25) is 0 Å². The van der Waals surface area contributed by atoms with E-state index in [0.29, 0.717) is 45.0 Å². The molecule has 1 aliphatic carbocycles. The van der Waals surface area contributed by atoms with Gasteiger partial charge in [0.15, 0.2) is 5.96 Å². The van der Waals surface area contributed by atoms with Gasteiger partial charge in [-0.25, -0.2) is 0 Å². The highest BCUT2D eigenvalue weighted by Gasteiger charge is 2.12. The molecule has 0 radical (unpaired) electrons. The van der Waals surface area contributed by atoms with Crippen LogP contribution in [0.3, 0.4) is 0 Å². The van der Waals surface area contributed by atoms with Crippen LogP contribution in [0.15, 0.2) is 35.3 Å². The standard InChI is InChI=1S/C19H31N3O2.HI/c20-19(22-18-10-5-2-6-11-18)21-12-7-13-23-14-15-24-16-17-8-3-1-4-9-17;/h1,3-4,8-9,18H,2,5-7,10-16H2,(H3,20,21,22);1H. The summed E-state index contributed by atoms with van der Waals surface area (Å²) in [5, 5.41) is 3.32. The molecular weight excluding hydrogens is 429 g/mol. The van der Waals surface area contributed by atoms with E-state index < -0.39 is 0 Å². The van der Waals surface area contributed by atoms with Crippen molar-refractivity contribution in [2.75, 3.05) is 26.4 Å². The number of nitrogens with two attached hydrogens (primary N) is 1. The Kier molecular flexibility index (Phi) is 12.7. The number of halogens is 1. The Balaban J connectivity index is 0.00000312. The monoisotopic (exact) mass is 461 g/mol. The highest BCUT2D eigenvalue weighted by Crippen LogP contribution is 2.16. The molecule has 6 heteroatoms. The molecule has 0 saturated heterocycles. The van der Waals surface area contributed by atoms with E-state index in [-0.39, 0.29) is 24.0 Å². The predicted octanol–water partition coefficient (Wildman–Crippen LogP) is 3.46. The minimum Gasteiger partial charge on any atom is -0.379 e. The Morgan fingerprint density at radius 1 is 1.04 bits per heavy atom. The van der Waals surface area contributed by atoms with Crippen molar-refractivity contribution in [3.8, 4) is 0 Å². The maximum atomic E-state index is 5.92. The molecule has 2 rings (SSSR count). The van der Waals surface area contributed by atoms with Crippen LogP contribution < -0.4 is 11.1 Å². The molecule has 142 valence electrons. The SMILES string of the molecule is I.NC(=NCCCOCCOCc1ccccc1)NC1CCCCC1. The van der Waals surface area contributed by atoms with Gasteiger partial charge < -0.3 is 20.5 Å². The zero-order valence-electron chi connectivity index (χ0n) is 15.0. The maximum Gasteiger partial charge on any atom is 0.188 e. The summed E-state index contributed by atoms with van der Waals surface area (Å²) in [6, 6.07) is 10.7. The van der Waals surface area contributed by atoms with Gasteiger partial charge in [-0.2, -0.15) is 0 Å². The van der Waals surface area contributed by atoms with Gasteiger partial charge in [0.25, 0.3) is 0 Å². The first-order valence-electron chi connectivity index (χ1n) is 9.10. The van der Waals surface area contributed by atoms with Crippen LogP contribution in [0.2, 0.25) is 0 Å². The largest absolute Gasteiger partial charge is 0.379 e. The highest BCUT2D eigenvalue weighted by molar-refractivity contribution is 14.0. The van der Waals surface area contributed by atoms with Crippen LogP contribution in [0.4, 0.5) is 0 Å². The van der Waals surface area contributed by atoms with Crippen LogP contribution in [-0.2, 0) is 16.1 Å². The van der Waals surface area contributed by atoms with E-state index in [0.717, 1.165) is 6.42 Å². The molecule has 1 fully saturated rings. The lowest BCUT2D eigenvalue weighted by molar-refractivity contribution is 0.0403. The lowest BCUT2D eigenvalue weighted by Crippen LogP contribution is -2.41. The van der Waals surface area contributed by atoms with E-state index in [9.17, 15) is 0 Å². The minimum atomic E-state index is 0. The molecule has 1 aromatic carbocycles. The number of guanidine groups is 1. The zero-order chi connectivity index (χ0) is 16.9. The van der Waals surface area contributed by atoms with Crippen molar-refractivity contribution in [3.05, 3.63) is 35.9 Å². The fourth-order valence-corrected chi connectivity index (χ4v) is 2.85. The van der Waals surface area contributed by atoms with Crippen molar-refractivity contribution in [3.63, 3.8) is 0 Å². The van der Waals surface area contributed by atoms with Crippen molar-refractivity contribution in [2.45, 2.75) is 51.2 Å². The van der Waals surface area contributed by atoms with Gasteiger partial charge in [-0.15, -0.1) is 24.0 Å². The fraction of sp³-hybridized carbons (Fsp3) is 0.632. The van der Waals surface area contributed by atoms with Crippen LogP contribution in [0.25, 0.3) is 0 Å². The second kappa shape index (κ2) is 14.3. The molecule has 1 aliphatic rings. The van der Waals surface area contributed by atoms with E-state index in [2.05, 4.69) is 22.4 Å². The predicted molar refractivity (Wildman–Crippen MR) is 113 cm³/mol. The Morgan fingerprint density at radius 2 is 1.76 bits per heavy atom. The lowest BCUT2D eigenvalue weighted by atomic mass is 9.96. The van der Waals surface area contributed by atoms with Crippen molar-refractivity contribution < 1.29 is 9.47 Å². The summed E-state index contributed by atoms with van der Waals surface area (Å²) in [6.45, 7) is 3.26. The van der Waals surface area contributed by atoms with Gasteiger partial charge in [-0.1, -0.05) is 49.6 Å². The van der Waals surface area contributed by atoms with E-state index >= 15 is 0 Å². The number of hydrogen-bond donors (Lipinski definition) is 2. The average molecular weight is 461 g/mol. The molecule has 0 atom stereocenters. The zero-order valence-corrected chi connectivity index (χ0v) is 17.3. The van der Waals surface area contributed by atoms with Crippen LogP contribution >= 0.6 is 24.0 Å². The Hall–Kier alpha value is -0.860. The molecule has 0 aliphatic heterocycles. The average Bonchev–Trinajstić information content (AvgIpc) is 2.62. The summed E-state index contributed by atoms with van der Waals surface area (Å²) in [5.74, 6) is 0.577. The van der Waals surface area contributed by atoms with Gasteiger partial charge in [-0.05, 0) is 24.8 Å². The van der Waals surface area contributed by atoms with E-state index in [1.54, 1.807) is 0 Å². The normalized spacial score (nSPS) is 15.6. The number of benzene rings is 1. The van der Waals surface area contributed by atoms with Crippen LogP contribution in [0.5, 0.6) is 0 Å². The number of ether oxygens (including phenoxy) is 2. The first-order valence-corrected chi connectivity index (χ1v) is 9.10. The number of rotatable bonds is 10. The summed E-state index contributed by atoms with van der Waals surface area (Å²) in [5.41, 5.74) is 7.11. The molecule has 0 bridgehead atoms. The van der Waals surface area contributed by atoms with Crippen LogP contribution in [0.1, 0.15) is 44.1 Å². The van der Waals surface area contributed by atoms with Gasteiger partial charge in [-0.3, -0.25) is 4.99 Å². The van der Waals surface area contributed by atoms with E-state index in [4.69, 9.17) is 15.2 Å². The molecule has 0 amide bonds. The van der Waals surface area contributed by atoms with Gasteiger partial charge in [0, 0.05) is 19.2 Å². The quantitative estimate of drug-likeness (QED) is 0.242. The maximum absolute atomic E-state index is 5.92. The minimum absolute atomic E-state index is 0. The first kappa shape index (κ1) is 22.2. The Morgan fingerprint density at radius 3 is 2.52 bits per heavy atom. The number of nitrogens with one attached hydrogen (secondary N) is 1. The highest BCUT2D eigenvalue weighted by atomic mass is 127. The molecule has 1 aromatic rings. The van der Waals surface area contributed by atoms with E-state index in [1.165, 1.54) is 37.7 Å². The third-order valence-electron chi connectivity index (χ3n) is 4.17. The second-order valence-electron chi connectivity index (χ2n) is 6.25. The van der Waals surface area contributed by atoms with Crippen molar-refractivity contribution >= 4 is 29.9 Å². The molecule has 3 N–H and O–H groups in total. The molecule has 0 heterocycles. The summed E-state index contributed by atoms with van der Waals surface area (Å²) in [4.78, 5) is 4.36. The molecule has 0 aromatic heterocycles. The number of nitrogens with zero attached hydrogens (tertiary/aromatic N) is 1. The van der Waals surface area contributed by atoms with Crippen molar-refractivity contribution in [1.29, 1.82) is 0 Å². The molecule has 0 spiro atoms. The second-order valence-corrected chi connectivity index (χ2v) is 6.25. The molecular formula is C19H32IN3O2. The summed E-state index contributed by atoms with van der Waals surface area (Å²) in [7, 11) is 0. The summed E-state index contributed by atoms with van der Waals surface area (Å²) >= 11 is 0. The molecule has 25 heavy (non-hydrogen) atoms. The van der Waals surface area contributed by atoms with Gasteiger partial charge >= 0.3 is 0 Å². The van der Waals surface area contributed by atoms with Crippen LogP contribution in [-0.4, -0.2) is 38.4 Å². The fourth-order valence-electron chi connectivity index (χ4n) is 2.85. The van der Waals surface area contributed by atoms with E-state index in [1.807, 2.05) is 18.2 Å². The molecule has 0 unspecified atom stereocenters. The lowest BCUT2D eigenvalue weighted by Gasteiger charge is -2.23.